The van der Waals surface area contributed by atoms with Crippen LogP contribution >= 0.6 is 11.3 Å². The molecule has 3 N–H and O–H groups in total. The first-order valence-electron chi connectivity index (χ1n) is 7.37. The summed E-state index contributed by atoms with van der Waals surface area (Å²) in [5.41, 5.74) is 6.20. The normalized spacial score (nSPS) is 11.9. The van der Waals surface area contributed by atoms with Gasteiger partial charge in [-0.15, -0.1) is 11.3 Å². The van der Waals surface area contributed by atoms with E-state index in [9.17, 15) is 14.0 Å². The zero-order valence-electron chi connectivity index (χ0n) is 12.6. The first-order chi connectivity index (χ1) is 11.0. The molecular formula is C17H19FN2O2S. The highest BCUT2D eigenvalue weighted by Crippen LogP contribution is 2.12. The summed E-state index contributed by atoms with van der Waals surface area (Å²) in [7, 11) is 0. The Morgan fingerprint density at radius 1 is 1.22 bits per heavy atom. The summed E-state index contributed by atoms with van der Waals surface area (Å²) in [6.45, 7) is 0.190. The molecule has 1 heterocycles. The quantitative estimate of drug-likeness (QED) is 0.777. The SMILES string of the molecule is NC(=O)[C@@H](CNC(=O)CCc1cccs1)Cc1ccc(F)cc1. The number of primary amides is 1. The Labute approximate surface area is 138 Å². The first kappa shape index (κ1) is 17.1. The van der Waals surface area contributed by atoms with Crippen molar-refractivity contribution in [2.24, 2.45) is 11.7 Å². The summed E-state index contributed by atoms with van der Waals surface area (Å²) in [5, 5.41) is 4.72. The number of halogens is 1. The van der Waals surface area contributed by atoms with Gasteiger partial charge in [-0.1, -0.05) is 18.2 Å². The molecule has 0 radical (unpaired) electrons. The maximum atomic E-state index is 12.9. The maximum Gasteiger partial charge on any atom is 0.222 e. The van der Waals surface area contributed by atoms with Crippen LogP contribution in [-0.4, -0.2) is 18.4 Å². The smallest absolute Gasteiger partial charge is 0.222 e. The number of carbonyl (C=O) groups is 2. The molecule has 0 saturated carbocycles. The van der Waals surface area contributed by atoms with Crippen LogP contribution in [0.5, 0.6) is 0 Å². The van der Waals surface area contributed by atoms with Crippen molar-refractivity contribution in [3.8, 4) is 0 Å². The number of amides is 2. The molecule has 2 aromatic rings. The highest BCUT2D eigenvalue weighted by atomic mass is 32.1. The molecule has 23 heavy (non-hydrogen) atoms. The van der Waals surface area contributed by atoms with Gasteiger partial charge >= 0.3 is 0 Å². The number of aryl methyl sites for hydroxylation is 1. The van der Waals surface area contributed by atoms with Crippen LogP contribution in [0.25, 0.3) is 0 Å². The van der Waals surface area contributed by atoms with Gasteiger partial charge in [0.15, 0.2) is 0 Å². The molecule has 1 atom stereocenters. The van der Waals surface area contributed by atoms with E-state index in [1.807, 2.05) is 17.5 Å². The minimum atomic E-state index is -0.508. The van der Waals surface area contributed by atoms with Gasteiger partial charge in [0, 0.05) is 17.8 Å². The number of thiophene rings is 1. The Morgan fingerprint density at radius 3 is 2.57 bits per heavy atom. The molecular weight excluding hydrogens is 315 g/mol. The van der Waals surface area contributed by atoms with E-state index in [2.05, 4.69) is 5.32 Å². The molecule has 2 rings (SSSR count). The number of rotatable bonds is 8. The lowest BCUT2D eigenvalue weighted by atomic mass is 9.98. The van der Waals surface area contributed by atoms with Crippen molar-refractivity contribution in [2.75, 3.05) is 6.54 Å². The second kappa shape index (κ2) is 8.43. The van der Waals surface area contributed by atoms with Crippen molar-refractivity contribution >= 4 is 23.2 Å². The van der Waals surface area contributed by atoms with Crippen LogP contribution in [0.15, 0.2) is 41.8 Å². The number of hydrogen-bond acceptors (Lipinski definition) is 3. The minimum Gasteiger partial charge on any atom is -0.369 e. The number of nitrogens with one attached hydrogen (secondary N) is 1. The average Bonchev–Trinajstić information content (AvgIpc) is 3.04. The lowest BCUT2D eigenvalue weighted by Gasteiger charge is -2.14. The van der Waals surface area contributed by atoms with E-state index in [4.69, 9.17) is 5.73 Å². The van der Waals surface area contributed by atoms with Gasteiger partial charge in [-0.3, -0.25) is 9.59 Å². The average molecular weight is 334 g/mol. The zero-order chi connectivity index (χ0) is 16.7. The zero-order valence-corrected chi connectivity index (χ0v) is 13.4. The first-order valence-corrected chi connectivity index (χ1v) is 8.25. The van der Waals surface area contributed by atoms with E-state index in [-0.39, 0.29) is 18.3 Å². The Morgan fingerprint density at radius 2 is 1.96 bits per heavy atom. The highest BCUT2D eigenvalue weighted by Gasteiger charge is 2.17. The van der Waals surface area contributed by atoms with Crippen LogP contribution in [0.4, 0.5) is 4.39 Å². The van der Waals surface area contributed by atoms with E-state index < -0.39 is 11.8 Å². The molecule has 0 spiro atoms. The summed E-state index contributed by atoms with van der Waals surface area (Å²) in [4.78, 5) is 24.5. The van der Waals surface area contributed by atoms with Crippen molar-refractivity contribution in [1.29, 1.82) is 0 Å². The van der Waals surface area contributed by atoms with Crippen LogP contribution in [0.1, 0.15) is 16.9 Å². The summed E-state index contributed by atoms with van der Waals surface area (Å²) < 4.78 is 12.9. The maximum absolute atomic E-state index is 12.9. The molecule has 1 aromatic carbocycles. The molecule has 0 aliphatic rings. The third kappa shape index (κ3) is 5.83. The van der Waals surface area contributed by atoms with Gasteiger partial charge in [0.25, 0.3) is 0 Å². The molecule has 1 aromatic heterocycles. The van der Waals surface area contributed by atoms with E-state index in [0.717, 1.165) is 10.4 Å². The molecule has 0 fully saturated rings. The minimum absolute atomic E-state index is 0.108. The molecule has 0 aliphatic carbocycles. The third-order valence-corrected chi connectivity index (χ3v) is 4.46. The number of carbonyl (C=O) groups excluding carboxylic acids is 2. The van der Waals surface area contributed by atoms with Gasteiger partial charge in [0.1, 0.15) is 5.82 Å². The number of nitrogens with two attached hydrogens (primary N) is 1. The molecule has 122 valence electrons. The Hall–Kier alpha value is -2.21. The Balaban J connectivity index is 1.80. The van der Waals surface area contributed by atoms with Gasteiger partial charge < -0.3 is 11.1 Å². The summed E-state index contributed by atoms with van der Waals surface area (Å²) in [6, 6.07) is 9.84. The number of benzene rings is 1. The second-order valence-corrected chi connectivity index (χ2v) is 6.35. The summed E-state index contributed by atoms with van der Waals surface area (Å²) >= 11 is 1.61. The van der Waals surface area contributed by atoms with Crippen LogP contribution in [0.2, 0.25) is 0 Å². The van der Waals surface area contributed by atoms with Gasteiger partial charge in [0.05, 0.1) is 5.92 Å². The lowest BCUT2D eigenvalue weighted by Crippen LogP contribution is -2.37. The van der Waals surface area contributed by atoms with Gasteiger partial charge in [0.2, 0.25) is 11.8 Å². The largest absolute Gasteiger partial charge is 0.369 e. The predicted octanol–water partition coefficient (Wildman–Crippen LogP) is 2.28. The Kier molecular flexibility index (Phi) is 6.29. The molecule has 4 nitrogen and oxygen atoms in total. The van der Waals surface area contributed by atoms with Gasteiger partial charge in [-0.2, -0.15) is 0 Å². The molecule has 0 saturated heterocycles. The van der Waals surface area contributed by atoms with Gasteiger partial charge in [-0.25, -0.2) is 4.39 Å². The van der Waals surface area contributed by atoms with Crippen molar-refractivity contribution in [2.45, 2.75) is 19.3 Å². The monoisotopic (exact) mass is 334 g/mol. The highest BCUT2D eigenvalue weighted by molar-refractivity contribution is 7.09. The fraction of sp³-hybridized carbons (Fsp3) is 0.294. The van der Waals surface area contributed by atoms with Crippen molar-refractivity contribution < 1.29 is 14.0 Å². The fourth-order valence-electron chi connectivity index (χ4n) is 2.20. The van der Waals surface area contributed by atoms with E-state index in [0.29, 0.717) is 19.3 Å². The lowest BCUT2D eigenvalue weighted by molar-refractivity contribution is -0.123. The van der Waals surface area contributed by atoms with E-state index in [1.165, 1.54) is 12.1 Å². The predicted molar refractivity (Wildman–Crippen MR) is 88.4 cm³/mol. The van der Waals surface area contributed by atoms with Crippen LogP contribution in [0.3, 0.4) is 0 Å². The summed E-state index contributed by atoms with van der Waals surface area (Å²) in [6.07, 6.45) is 1.44. The molecule has 0 unspecified atom stereocenters. The fourth-order valence-corrected chi connectivity index (χ4v) is 2.90. The van der Waals surface area contributed by atoms with Crippen LogP contribution in [-0.2, 0) is 22.4 Å². The molecule has 6 heteroatoms. The Bertz CT molecular complexity index is 641. The third-order valence-electron chi connectivity index (χ3n) is 3.52. The molecule has 0 bridgehead atoms. The topological polar surface area (TPSA) is 72.2 Å². The molecule has 2 amide bonds. The standard InChI is InChI=1S/C17H19FN2O2S/c18-14-5-3-12(4-6-14)10-13(17(19)22)11-20-16(21)8-7-15-2-1-9-23-15/h1-6,9,13H,7-8,10-11H2,(H2,19,22)(H,20,21)/t13-/m1/s1. The van der Waals surface area contributed by atoms with Crippen molar-refractivity contribution in [3.63, 3.8) is 0 Å². The van der Waals surface area contributed by atoms with Crippen molar-refractivity contribution in [3.05, 3.63) is 58.0 Å². The van der Waals surface area contributed by atoms with Crippen LogP contribution in [0, 0.1) is 11.7 Å². The second-order valence-electron chi connectivity index (χ2n) is 5.31. The van der Waals surface area contributed by atoms with Gasteiger partial charge in [-0.05, 0) is 42.0 Å². The van der Waals surface area contributed by atoms with E-state index in [1.54, 1.807) is 23.5 Å². The number of hydrogen-bond donors (Lipinski definition) is 2. The van der Waals surface area contributed by atoms with E-state index >= 15 is 0 Å². The van der Waals surface area contributed by atoms with Crippen LogP contribution < -0.4 is 11.1 Å². The molecule has 0 aliphatic heterocycles. The summed E-state index contributed by atoms with van der Waals surface area (Å²) in [5.74, 6) is -1.42. The van der Waals surface area contributed by atoms with Crippen molar-refractivity contribution in [1.82, 2.24) is 5.32 Å².